The largest absolute Gasteiger partial charge is 0.468 e. The van der Waals surface area contributed by atoms with Crippen molar-refractivity contribution in [1.82, 2.24) is 4.90 Å². The third kappa shape index (κ3) is 2.47. The van der Waals surface area contributed by atoms with Gasteiger partial charge in [-0.3, -0.25) is 9.69 Å². The quantitative estimate of drug-likeness (QED) is 0.800. The first-order valence-corrected chi connectivity index (χ1v) is 6.06. The molecule has 0 aromatic carbocycles. The lowest BCUT2D eigenvalue weighted by molar-refractivity contribution is -0.146. The Hall–Kier alpha value is -0.810. The van der Waals surface area contributed by atoms with Gasteiger partial charge >= 0.3 is 5.97 Å². The molecule has 0 spiro atoms. The van der Waals surface area contributed by atoms with Crippen LogP contribution in [-0.4, -0.2) is 30.6 Å². The highest BCUT2D eigenvalue weighted by atomic mass is 79.9. The summed E-state index contributed by atoms with van der Waals surface area (Å²) in [5.41, 5.74) is 0. The van der Waals surface area contributed by atoms with Crippen molar-refractivity contribution < 1.29 is 13.9 Å². The number of esters is 1. The normalized spacial score (nSPS) is 21.2. The van der Waals surface area contributed by atoms with E-state index in [9.17, 15) is 4.79 Å². The van der Waals surface area contributed by atoms with Gasteiger partial charge in [0, 0.05) is 0 Å². The van der Waals surface area contributed by atoms with Crippen molar-refractivity contribution in [3.05, 3.63) is 22.6 Å². The number of furan rings is 1. The van der Waals surface area contributed by atoms with E-state index >= 15 is 0 Å². The van der Waals surface area contributed by atoms with E-state index in [1.54, 1.807) is 0 Å². The lowest BCUT2D eigenvalue weighted by Gasteiger charge is -2.20. The fourth-order valence-corrected chi connectivity index (χ4v) is 2.40. The third-order valence-corrected chi connectivity index (χ3v) is 3.25. The van der Waals surface area contributed by atoms with Crippen molar-refractivity contribution in [2.45, 2.75) is 25.4 Å². The second-order valence-electron chi connectivity index (χ2n) is 3.86. The van der Waals surface area contributed by atoms with Crippen LogP contribution in [0, 0.1) is 0 Å². The molecule has 2 rings (SSSR count). The van der Waals surface area contributed by atoms with Gasteiger partial charge in [-0.15, -0.1) is 0 Å². The predicted octanol–water partition coefficient (Wildman–Crippen LogP) is 2.18. The number of ether oxygens (including phenoxy) is 1. The van der Waals surface area contributed by atoms with Crippen LogP contribution in [0.3, 0.4) is 0 Å². The Morgan fingerprint density at radius 1 is 1.69 bits per heavy atom. The first-order valence-electron chi connectivity index (χ1n) is 5.27. The maximum absolute atomic E-state index is 11.5. The van der Waals surface area contributed by atoms with Crippen LogP contribution in [0.4, 0.5) is 0 Å². The summed E-state index contributed by atoms with van der Waals surface area (Å²) in [6, 6.07) is 3.66. The van der Waals surface area contributed by atoms with Gasteiger partial charge in [0.25, 0.3) is 0 Å². The first kappa shape index (κ1) is 11.7. The van der Waals surface area contributed by atoms with Gasteiger partial charge in [0.1, 0.15) is 11.8 Å². The minimum absolute atomic E-state index is 0.117. The van der Waals surface area contributed by atoms with Gasteiger partial charge in [-0.25, -0.2) is 0 Å². The zero-order valence-corrected chi connectivity index (χ0v) is 10.7. The molecule has 5 heteroatoms. The minimum atomic E-state index is -0.150. The van der Waals surface area contributed by atoms with Gasteiger partial charge in [0.05, 0.1) is 13.7 Å². The molecule has 1 fully saturated rings. The fourth-order valence-electron chi connectivity index (χ4n) is 2.06. The summed E-state index contributed by atoms with van der Waals surface area (Å²) in [5.74, 6) is 0.714. The van der Waals surface area contributed by atoms with Crippen molar-refractivity contribution >= 4 is 21.9 Å². The van der Waals surface area contributed by atoms with Crippen molar-refractivity contribution in [2.75, 3.05) is 13.7 Å². The Balaban J connectivity index is 2.01. The smallest absolute Gasteiger partial charge is 0.323 e. The zero-order valence-electron chi connectivity index (χ0n) is 9.11. The summed E-state index contributed by atoms with van der Waals surface area (Å²) in [4.78, 5) is 13.6. The molecule has 0 N–H and O–H groups in total. The van der Waals surface area contributed by atoms with Gasteiger partial charge in [0.2, 0.25) is 0 Å². The second-order valence-corrected chi connectivity index (χ2v) is 4.64. The van der Waals surface area contributed by atoms with Crippen molar-refractivity contribution in [2.24, 2.45) is 0 Å². The number of likely N-dealkylation sites (tertiary alicyclic amines) is 1. The fraction of sp³-hybridized carbons (Fsp3) is 0.545. The molecule has 88 valence electrons. The standard InChI is InChI=1S/C11H14BrNO3/c1-15-11(14)9-3-2-6-13(9)7-8-4-5-10(12)16-8/h4-5,9H,2-3,6-7H2,1H3. The number of nitrogens with zero attached hydrogens (tertiary/aromatic N) is 1. The summed E-state index contributed by atoms with van der Waals surface area (Å²) >= 11 is 3.26. The molecule has 1 saturated heterocycles. The Labute approximate surface area is 103 Å². The molecule has 0 aliphatic carbocycles. The monoisotopic (exact) mass is 287 g/mol. The summed E-state index contributed by atoms with van der Waals surface area (Å²) in [5, 5.41) is 0. The third-order valence-electron chi connectivity index (χ3n) is 2.82. The van der Waals surface area contributed by atoms with Crippen molar-refractivity contribution in [3.63, 3.8) is 0 Å². The summed E-state index contributed by atoms with van der Waals surface area (Å²) < 4.78 is 10.9. The Bertz CT molecular complexity index is 377. The average Bonchev–Trinajstić information content (AvgIpc) is 2.87. The van der Waals surface area contributed by atoms with Gasteiger partial charge in [-0.05, 0) is 47.4 Å². The molecule has 1 aromatic rings. The molecule has 1 aliphatic heterocycles. The highest BCUT2D eigenvalue weighted by Gasteiger charge is 2.31. The molecule has 0 saturated carbocycles. The van der Waals surface area contributed by atoms with Crippen LogP contribution in [0.2, 0.25) is 0 Å². The molecule has 0 amide bonds. The lowest BCUT2D eigenvalue weighted by atomic mass is 10.2. The van der Waals surface area contributed by atoms with Gasteiger partial charge in [-0.1, -0.05) is 0 Å². The summed E-state index contributed by atoms with van der Waals surface area (Å²) in [6.45, 7) is 1.57. The highest BCUT2D eigenvalue weighted by molar-refractivity contribution is 9.10. The Morgan fingerprint density at radius 2 is 2.50 bits per heavy atom. The minimum Gasteiger partial charge on any atom is -0.468 e. The second kappa shape index (κ2) is 5.01. The van der Waals surface area contributed by atoms with E-state index in [2.05, 4.69) is 20.8 Å². The molecule has 1 atom stereocenters. The zero-order chi connectivity index (χ0) is 11.5. The molecule has 0 bridgehead atoms. The average molecular weight is 288 g/mol. The maximum atomic E-state index is 11.5. The number of halogens is 1. The van der Waals surface area contributed by atoms with E-state index in [1.165, 1.54) is 7.11 Å². The van der Waals surface area contributed by atoms with E-state index in [-0.39, 0.29) is 12.0 Å². The number of carbonyl (C=O) groups is 1. The number of rotatable bonds is 3. The molecule has 2 heterocycles. The number of carbonyl (C=O) groups excluding carboxylic acids is 1. The Morgan fingerprint density at radius 3 is 3.12 bits per heavy atom. The first-order chi connectivity index (χ1) is 7.70. The SMILES string of the molecule is COC(=O)C1CCCN1Cc1ccc(Br)o1. The summed E-state index contributed by atoms with van der Waals surface area (Å²) in [7, 11) is 1.43. The van der Waals surface area contributed by atoms with Crippen LogP contribution < -0.4 is 0 Å². The molecule has 4 nitrogen and oxygen atoms in total. The van der Waals surface area contributed by atoms with E-state index in [0.717, 1.165) is 29.8 Å². The van der Waals surface area contributed by atoms with E-state index in [1.807, 2.05) is 12.1 Å². The molecular weight excluding hydrogens is 274 g/mol. The van der Waals surface area contributed by atoms with Crippen LogP contribution in [-0.2, 0) is 16.1 Å². The van der Waals surface area contributed by atoms with Gasteiger partial charge in [-0.2, -0.15) is 0 Å². The van der Waals surface area contributed by atoms with Gasteiger partial charge in [0.15, 0.2) is 4.67 Å². The maximum Gasteiger partial charge on any atom is 0.323 e. The number of hydrogen-bond donors (Lipinski definition) is 0. The van der Waals surface area contributed by atoms with Crippen LogP contribution in [0.5, 0.6) is 0 Å². The predicted molar refractivity (Wildman–Crippen MR) is 61.9 cm³/mol. The van der Waals surface area contributed by atoms with Crippen LogP contribution in [0.15, 0.2) is 21.2 Å². The van der Waals surface area contributed by atoms with Crippen molar-refractivity contribution in [3.8, 4) is 0 Å². The topological polar surface area (TPSA) is 42.7 Å². The van der Waals surface area contributed by atoms with E-state index in [0.29, 0.717) is 6.54 Å². The van der Waals surface area contributed by atoms with Crippen LogP contribution in [0.25, 0.3) is 0 Å². The molecule has 1 unspecified atom stereocenters. The summed E-state index contributed by atoms with van der Waals surface area (Å²) in [6.07, 6.45) is 1.90. The molecular formula is C11H14BrNO3. The van der Waals surface area contributed by atoms with E-state index in [4.69, 9.17) is 9.15 Å². The van der Waals surface area contributed by atoms with E-state index < -0.39 is 0 Å². The Kier molecular flexibility index (Phi) is 3.66. The molecule has 0 radical (unpaired) electrons. The molecule has 1 aliphatic rings. The highest BCUT2D eigenvalue weighted by Crippen LogP contribution is 2.23. The van der Waals surface area contributed by atoms with Crippen LogP contribution >= 0.6 is 15.9 Å². The van der Waals surface area contributed by atoms with Crippen LogP contribution in [0.1, 0.15) is 18.6 Å². The number of methoxy groups -OCH3 is 1. The van der Waals surface area contributed by atoms with Crippen molar-refractivity contribution in [1.29, 1.82) is 0 Å². The number of hydrogen-bond acceptors (Lipinski definition) is 4. The lowest BCUT2D eigenvalue weighted by Crippen LogP contribution is -2.36. The molecule has 16 heavy (non-hydrogen) atoms. The van der Waals surface area contributed by atoms with Gasteiger partial charge < -0.3 is 9.15 Å². The molecule has 1 aromatic heterocycles.